The third-order valence-electron chi connectivity index (χ3n) is 4.20. The van der Waals surface area contributed by atoms with Crippen LogP contribution in [0.5, 0.6) is 5.75 Å². The van der Waals surface area contributed by atoms with Crippen molar-refractivity contribution < 1.29 is 4.74 Å². The summed E-state index contributed by atoms with van der Waals surface area (Å²) in [6.45, 7) is 2.92. The number of para-hydroxylation sites is 1. The van der Waals surface area contributed by atoms with Crippen molar-refractivity contribution in [1.82, 2.24) is 10.2 Å². The van der Waals surface area contributed by atoms with E-state index in [9.17, 15) is 0 Å². The Hall–Kier alpha value is -1.06. The van der Waals surface area contributed by atoms with Gasteiger partial charge >= 0.3 is 0 Å². The standard InChI is InChI=1S/C16H26N2O/c1-18(2)16(10-6-11-16)14-17-12-7-13-19-15-8-4-3-5-9-15/h3-5,8-9,17H,6-7,10-14H2,1-2H3. The molecule has 2 rings (SSSR count). The van der Waals surface area contributed by atoms with Crippen molar-refractivity contribution in [3.8, 4) is 5.75 Å². The lowest BCUT2D eigenvalue weighted by molar-refractivity contribution is 0.0600. The molecule has 19 heavy (non-hydrogen) atoms. The van der Waals surface area contributed by atoms with Crippen LogP contribution in [0.4, 0.5) is 0 Å². The molecule has 1 aliphatic rings. The van der Waals surface area contributed by atoms with Gasteiger partial charge in [0, 0.05) is 12.1 Å². The number of benzene rings is 1. The van der Waals surface area contributed by atoms with E-state index in [1.54, 1.807) is 0 Å². The second-order valence-corrected chi connectivity index (χ2v) is 5.66. The number of nitrogens with zero attached hydrogens (tertiary/aromatic N) is 1. The third-order valence-corrected chi connectivity index (χ3v) is 4.20. The molecular formula is C16H26N2O. The smallest absolute Gasteiger partial charge is 0.119 e. The Morgan fingerprint density at radius 2 is 1.95 bits per heavy atom. The van der Waals surface area contributed by atoms with Crippen molar-refractivity contribution in [3.05, 3.63) is 30.3 Å². The van der Waals surface area contributed by atoms with Gasteiger partial charge in [-0.05, 0) is 58.5 Å². The van der Waals surface area contributed by atoms with Crippen LogP contribution >= 0.6 is 0 Å². The summed E-state index contributed by atoms with van der Waals surface area (Å²) in [5, 5.41) is 3.57. The zero-order valence-corrected chi connectivity index (χ0v) is 12.2. The van der Waals surface area contributed by atoms with Crippen molar-refractivity contribution in [2.24, 2.45) is 0 Å². The molecule has 0 saturated heterocycles. The maximum absolute atomic E-state index is 5.68. The summed E-state index contributed by atoms with van der Waals surface area (Å²) in [5.41, 5.74) is 0.417. The van der Waals surface area contributed by atoms with E-state index in [0.717, 1.165) is 31.9 Å². The fraction of sp³-hybridized carbons (Fsp3) is 0.625. The van der Waals surface area contributed by atoms with E-state index < -0.39 is 0 Å². The van der Waals surface area contributed by atoms with Gasteiger partial charge in [-0.2, -0.15) is 0 Å². The molecule has 1 fully saturated rings. The zero-order chi connectivity index (χ0) is 13.6. The molecule has 1 aromatic carbocycles. The first kappa shape index (κ1) is 14.4. The molecule has 1 N–H and O–H groups in total. The van der Waals surface area contributed by atoms with Crippen LogP contribution in [0.1, 0.15) is 25.7 Å². The monoisotopic (exact) mass is 262 g/mol. The molecule has 0 aromatic heterocycles. The lowest BCUT2D eigenvalue weighted by atomic mass is 9.75. The summed E-state index contributed by atoms with van der Waals surface area (Å²) in [4.78, 5) is 2.38. The van der Waals surface area contributed by atoms with Gasteiger partial charge in [-0.15, -0.1) is 0 Å². The van der Waals surface area contributed by atoms with Crippen LogP contribution in [0.15, 0.2) is 30.3 Å². The Kier molecular flexibility index (Phi) is 5.23. The molecule has 0 bridgehead atoms. The van der Waals surface area contributed by atoms with E-state index in [2.05, 4.69) is 24.3 Å². The summed E-state index contributed by atoms with van der Waals surface area (Å²) in [6.07, 6.45) is 5.08. The van der Waals surface area contributed by atoms with Gasteiger partial charge < -0.3 is 15.0 Å². The number of hydrogen-bond acceptors (Lipinski definition) is 3. The molecule has 0 amide bonds. The molecule has 0 heterocycles. The Labute approximate surface area is 116 Å². The summed E-state index contributed by atoms with van der Waals surface area (Å²) in [5.74, 6) is 0.964. The molecule has 106 valence electrons. The van der Waals surface area contributed by atoms with E-state index in [0.29, 0.717) is 5.54 Å². The highest BCUT2D eigenvalue weighted by Gasteiger charge is 2.38. The van der Waals surface area contributed by atoms with Crippen LogP contribution in [0.25, 0.3) is 0 Å². The molecule has 1 aliphatic carbocycles. The van der Waals surface area contributed by atoms with Gasteiger partial charge in [-0.3, -0.25) is 0 Å². The first-order valence-corrected chi connectivity index (χ1v) is 7.29. The van der Waals surface area contributed by atoms with Crippen LogP contribution in [-0.4, -0.2) is 44.2 Å². The molecule has 0 unspecified atom stereocenters. The van der Waals surface area contributed by atoms with E-state index in [4.69, 9.17) is 4.74 Å². The number of hydrogen-bond donors (Lipinski definition) is 1. The van der Waals surface area contributed by atoms with Crippen molar-refractivity contribution in [1.29, 1.82) is 0 Å². The summed E-state index contributed by atoms with van der Waals surface area (Å²) in [7, 11) is 4.39. The Morgan fingerprint density at radius 1 is 1.21 bits per heavy atom. The first-order valence-electron chi connectivity index (χ1n) is 7.29. The van der Waals surface area contributed by atoms with Crippen LogP contribution in [0.2, 0.25) is 0 Å². The Morgan fingerprint density at radius 3 is 2.53 bits per heavy atom. The number of likely N-dealkylation sites (N-methyl/N-ethyl adjacent to an activating group) is 1. The van der Waals surface area contributed by atoms with Gasteiger partial charge in [0.2, 0.25) is 0 Å². The van der Waals surface area contributed by atoms with E-state index in [1.807, 2.05) is 30.3 Å². The normalized spacial score (nSPS) is 17.2. The fourth-order valence-corrected chi connectivity index (χ4v) is 2.59. The minimum absolute atomic E-state index is 0.417. The lowest BCUT2D eigenvalue weighted by Crippen LogP contribution is -2.56. The zero-order valence-electron chi connectivity index (χ0n) is 12.2. The second kappa shape index (κ2) is 6.92. The van der Waals surface area contributed by atoms with Gasteiger partial charge in [-0.1, -0.05) is 18.2 Å². The van der Waals surface area contributed by atoms with Crippen LogP contribution in [0, 0.1) is 0 Å². The molecule has 1 aromatic rings. The highest BCUT2D eigenvalue weighted by Crippen LogP contribution is 2.35. The molecule has 0 aliphatic heterocycles. The predicted octanol–water partition coefficient (Wildman–Crippen LogP) is 2.53. The minimum atomic E-state index is 0.417. The van der Waals surface area contributed by atoms with Crippen molar-refractivity contribution in [2.45, 2.75) is 31.2 Å². The van der Waals surface area contributed by atoms with Crippen molar-refractivity contribution in [3.63, 3.8) is 0 Å². The summed E-state index contributed by atoms with van der Waals surface area (Å²) < 4.78 is 5.68. The minimum Gasteiger partial charge on any atom is -0.494 e. The first-order chi connectivity index (χ1) is 9.23. The van der Waals surface area contributed by atoms with Crippen LogP contribution < -0.4 is 10.1 Å². The predicted molar refractivity (Wildman–Crippen MR) is 79.7 cm³/mol. The maximum atomic E-state index is 5.68. The van der Waals surface area contributed by atoms with E-state index >= 15 is 0 Å². The Bertz CT molecular complexity index is 360. The second-order valence-electron chi connectivity index (χ2n) is 5.66. The molecule has 3 nitrogen and oxygen atoms in total. The Balaban J connectivity index is 1.55. The highest BCUT2D eigenvalue weighted by molar-refractivity contribution is 5.20. The lowest BCUT2D eigenvalue weighted by Gasteiger charge is -2.47. The number of rotatable bonds is 8. The average Bonchev–Trinajstić information content (AvgIpc) is 2.36. The van der Waals surface area contributed by atoms with Gasteiger partial charge in [0.05, 0.1) is 6.61 Å². The fourth-order valence-electron chi connectivity index (χ4n) is 2.59. The van der Waals surface area contributed by atoms with Gasteiger partial charge in [0.25, 0.3) is 0 Å². The summed E-state index contributed by atoms with van der Waals surface area (Å²) >= 11 is 0. The van der Waals surface area contributed by atoms with Crippen LogP contribution in [-0.2, 0) is 0 Å². The molecule has 0 atom stereocenters. The quantitative estimate of drug-likeness (QED) is 0.729. The largest absolute Gasteiger partial charge is 0.494 e. The number of nitrogens with one attached hydrogen (secondary N) is 1. The molecule has 0 spiro atoms. The van der Waals surface area contributed by atoms with Crippen molar-refractivity contribution >= 4 is 0 Å². The van der Waals surface area contributed by atoms with Gasteiger partial charge in [0.1, 0.15) is 5.75 Å². The molecular weight excluding hydrogens is 236 g/mol. The molecule has 0 radical (unpaired) electrons. The van der Waals surface area contributed by atoms with Crippen LogP contribution in [0.3, 0.4) is 0 Å². The number of ether oxygens (including phenoxy) is 1. The molecule has 3 heteroatoms. The van der Waals surface area contributed by atoms with E-state index in [-0.39, 0.29) is 0 Å². The SMILES string of the molecule is CN(C)C1(CNCCCOc2ccccc2)CCC1. The average molecular weight is 262 g/mol. The topological polar surface area (TPSA) is 24.5 Å². The maximum Gasteiger partial charge on any atom is 0.119 e. The third kappa shape index (κ3) is 3.95. The summed E-state index contributed by atoms with van der Waals surface area (Å²) in [6, 6.07) is 10.0. The van der Waals surface area contributed by atoms with Crippen molar-refractivity contribution in [2.75, 3.05) is 33.8 Å². The molecule has 1 saturated carbocycles. The highest BCUT2D eigenvalue weighted by atomic mass is 16.5. The van der Waals surface area contributed by atoms with Gasteiger partial charge in [0.15, 0.2) is 0 Å². The van der Waals surface area contributed by atoms with Gasteiger partial charge in [-0.25, -0.2) is 0 Å². The van der Waals surface area contributed by atoms with E-state index in [1.165, 1.54) is 19.3 Å².